The number of hydrogen-bond donors (Lipinski definition) is 0. The van der Waals surface area contributed by atoms with Crippen molar-refractivity contribution in [3.8, 4) is 5.75 Å². The average Bonchev–Trinajstić information content (AvgIpc) is 3.14. The van der Waals surface area contributed by atoms with Gasteiger partial charge in [-0.3, -0.25) is 4.79 Å². The molecule has 3 rings (SSSR count). The number of benzene rings is 1. The predicted molar refractivity (Wildman–Crippen MR) is 107 cm³/mol. The summed E-state index contributed by atoms with van der Waals surface area (Å²) in [6, 6.07) is 8.18. The fraction of sp³-hybridized carbons (Fsp3) is 0.591. The quantitative estimate of drug-likeness (QED) is 0.748. The summed E-state index contributed by atoms with van der Waals surface area (Å²) in [7, 11) is 0. The van der Waals surface area contributed by atoms with Crippen molar-refractivity contribution >= 4 is 11.6 Å². The van der Waals surface area contributed by atoms with E-state index in [1.165, 1.54) is 5.57 Å². The second kappa shape index (κ2) is 7.34. The van der Waals surface area contributed by atoms with E-state index in [9.17, 15) is 4.79 Å². The molecular weight excluding hydrogens is 324 g/mol. The SMILES string of the molecule is CCOc1ccccc1N1CCN(C(=O)[C@H]2[C@@H](C=C(C)C)C2(C)C)CC1. The Kier molecular flexibility index (Phi) is 5.31. The smallest absolute Gasteiger partial charge is 0.226 e. The molecule has 26 heavy (non-hydrogen) atoms. The van der Waals surface area contributed by atoms with Crippen LogP contribution in [-0.2, 0) is 4.79 Å². The van der Waals surface area contributed by atoms with E-state index in [4.69, 9.17) is 4.74 Å². The van der Waals surface area contributed by atoms with Crippen LogP contribution >= 0.6 is 0 Å². The zero-order valence-corrected chi connectivity index (χ0v) is 16.8. The highest BCUT2D eigenvalue weighted by Crippen LogP contribution is 2.60. The van der Waals surface area contributed by atoms with Crippen LogP contribution in [-0.4, -0.2) is 43.6 Å². The van der Waals surface area contributed by atoms with Gasteiger partial charge in [0.1, 0.15) is 5.75 Å². The first-order valence-corrected chi connectivity index (χ1v) is 9.76. The lowest BCUT2D eigenvalue weighted by molar-refractivity contribution is -0.133. The molecule has 142 valence electrons. The highest BCUT2D eigenvalue weighted by Gasteiger charge is 2.61. The summed E-state index contributed by atoms with van der Waals surface area (Å²) in [5.74, 6) is 1.79. The van der Waals surface area contributed by atoms with Crippen LogP contribution in [0.5, 0.6) is 5.75 Å². The fourth-order valence-electron chi connectivity index (χ4n) is 4.18. The van der Waals surface area contributed by atoms with Crippen LogP contribution in [0.4, 0.5) is 5.69 Å². The van der Waals surface area contributed by atoms with E-state index in [1.54, 1.807) is 0 Å². The number of carbonyl (C=O) groups is 1. The standard InChI is InChI=1S/C22H32N2O2/c1-6-26-19-10-8-7-9-18(19)23-11-13-24(14-12-23)21(25)20-17(15-16(2)3)22(20,4)5/h7-10,15,17,20H,6,11-14H2,1-5H3/t17-,20-/m1/s1. The molecule has 4 nitrogen and oxygen atoms in total. The molecule has 1 saturated carbocycles. The third-order valence-electron chi connectivity index (χ3n) is 5.79. The van der Waals surface area contributed by atoms with Crippen LogP contribution in [0.15, 0.2) is 35.9 Å². The maximum absolute atomic E-state index is 13.0. The predicted octanol–water partition coefficient (Wildman–Crippen LogP) is 3.97. The minimum absolute atomic E-state index is 0.0903. The lowest BCUT2D eigenvalue weighted by Crippen LogP contribution is -2.49. The van der Waals surface area contributed by atoms with Crippen molar-refractivity contribution in [1.82, 2.24) is 4.90 Å². The molecule has 2 atom stereocenters. The number of para-hydroxylation sites is 2. The topological polar surface area (TPSA) is 32.8 Å². The van der Waals surface area contributed by atoms with E-state index in [-0.39, 0.29) is 11.3 Å². The molecule has 0 radical (unpaired) electrons. The number of hydrogen-bond acceptors (Lipinski definition) is 3. The summed E-state index contributed by atoms with van der Waals surface area (Å²) >= 11 is 0. The third kappa shape index (κ3) is 3.60. The molecule has 1 saturated heterocycles. The second-order valence-electron chi connectivity index (χ2n) is 8.28. The molecule has 0 spiro atoms. The van der Waals surface area contributed by atoms with Crippen LogP contribution < -0.4 is 9.64 Å². The minimum Gasteiger partial charge on any atom is -0.492 e. The van der Waals surface area contributed by atoms with E-state index in [2.05, 4.69) is 49.6 Å². The average molecular weight is 357 g/mol. The highest BCUT2D eigenvalue weighted by atomic mass is 16.5. The maximum Gasteiger partial charge on any atom is 0.226 e. The number of anilines is 1. The fourth-order valence-corrected chi connectivity index (χ4v) is 4.18. The summed E-state index contributed by atoms with van der Waals surface area (Å²) in [6.07, 6.45) is 2.27. The van der Waals surface area contributed by atoms with Gasteiger partial charge in [-0.2, -0.15) is 0 Å². The zero-order valence-electron chi connectivity index (χ0n) is 16.8. The number of rotatable bonds is 5. The molecular formula is C22H32N2O2. The van der Waals surface area contributed by atoms with Crippen molar-refractivity contribution in [1.29, 1.82) is 0 Å². The Hall–Kier alpha value is -1.97. The van der Waals surface area contributed by atoms with Crippen molar-refractivity contribution in [2.45, 2.75) is 34.6 Å². The minimum atomic E-state index is 0.0903. The summed E-state index contributed by atoms with van der Waals surface area (Å²) in [5, 5.41) is 0. The van der Waals surface area contributed by atoms with Gasteiger partial charge in [-0.15, -0.1) is 0 Å². The van der Waals surface area contributed by atoms with Gasteiger partial charge in [0.05, 0.1) is 18.2 Å². The van der Waals surface area contributed by atoms with Crippen LogP contribution in [0.25, 0.3) is 0 Å². The summed E-state index contributed by atoms with van der Waals surface area (Å²) in [6.45, 7) is 14.6. The van der Waals surface area contributed by atoms with Crippen molar-refractivity contribution < 1.29 is 9.53 Å². The molecule has 1 aliphatic heterocycles. The first-order chi connectivity index (χ1) is 12.4. The van der Waals surface area contributed by atoms with E-state index in [1.807, 2.05) is 25.1 Å². The summed E-state index contributed by atoms with van der Waals surface area (Å²) < 4.78 is 5.76. The Labute approximate surface area is 157 Å². The Bertz CT molecular complexity index is 683. The number of carbonyl (C=O) groups excluding carboxylic acids is 1. The molecule has 1 aromatic carbocycles. The third-order valence-corrected chi connectivity index (χ3v) is 5.79. The van der Waals surface area contributed by atoms with E-state index < -0.39 is 0 Å². The largest absolute Gasteiger partial charge is 0.492 e. The number of allylic oxidation sites excluding steroid dienone is 2. The van der Waals surface area contributed by atoms with Crippen LogP contribution in [0, 0.1) is 17.3 Å². The summed E-state index contributed by atoms with van der Waals surface area (Å²) in [4.78, 5) is 17.4. The molecule has 0 bridgehead atoms. The molecule has 4 heteroatoms. The Morgan fingerprint density at radius 3 is 2.46 bits per heavy atom. The van der Waals surface area contributed by atoms with Gasteiger partial charge in [0.2, 0.25) is 5.91 Å². The number of nitrogens with zero attached hydrogens (tertiary/aromatic N) is 2. The van der Waals surface area contributed by atoms with Crippen molar-refractivity contribution in [2.75, 3.05) is 37.7 Å². The van der Waals surface area contributed by atoms with Crippen LogP contribution in [0.1, 0.15) is 34.6 Å². The molecule has 2 fully saturated rings. The molecule has 0 unspecified atom stereocenters. The molecule has 1 heterocycles. The lowest BCUT2D eigenvalue weighted by atomic mass is 10.1. The molecule has 1 amide bonds. The molecule has 2 aliphatic rings. The number of piperazine rings is 1. The van der Waals surface area contributed by atoms with Crippen LogP contribution in [0.3, 0.4) is 0 Å². The van der Waals surface area contributed by atoms with Crippen molar-refractivity contribution in [2.24, 2.45) is 17.3 Å². The zero-order chi connectivity index (χ0) is 18.9. The van der Waals surface area contributed by atoms with Crippen molar-refractivity contribution in [3.05, 3.63) is 35.9 Å². The van der Waals surface area contributed by atoms with Gasteiger partial charge in [-0.05, 0) is 44.2 Å². The summed E-state index contributed by atoms with van der Waals surface area (Å²) in [5.41, 5.74) is 2.53. The molecule has 1 aliphatic carbocycles. The van der Waals surface area contributed by atoms with Gasteiger partial charge in [0.25, 0.3) is 0 Å². The lowest BCUT2D eigenvalue weighted by Gasteiger charge is -2.37. The van der Waals surface area contributed by atoms with Crippen LogP contribution in [0.2, 0.25) is 0 Å². The van der Waals surface area contributed by atoms with E-state index >= 15 is 0 Å². The monoisotopic (exact) mass is 356 g/mol. The Morgan fingerprint density at radius 2 is 1.85 bits per heavy atom. The number of amides is 1. The first kappa shape index (κ1) is 18.8. The van der Waals surface area contributed by atoms with Gasteiger partial charge in [0.15, 0.2) is 0 Å². The highest BCUT2D eigenvalue weighted by molar-refractivity contribution is 5.84. The van der Waals surface area contributed by atoms with Gasteiger partial charge in [-0.25, -0.2) is 0 Å². The van der Waals surface area contributed by atoms with E-state index in [0.717, 1.165) is 37.6 Å². The first-order valence-electron chi connectivity index (χ1n) is 9.76. The molecule has 1 aromatic rings. The molecule has 0 N–H and O–H groups in total. The van der Waals surface area contributed by atoms with E-state index in [0.29, 0.717) is 18.4 Å². The van der Waals surface area contributed by atoms with Gasteiger partial charge in [0, 0.05) is 26.2 Å². The Balaban J connectivity index is 1.63. The molecule has 0 aromatic heterocycles. The Morgan fingerprint density at radius 1 is 1.19 bits per heavy atom. The number of ether oxygens (including phenoxy) is 1. The second-order valence-corrected chi connectivity index (χ2v) is 8.28. The van der Waals surface area contributed by atoms with Gasteiger partial charge >= 0.3 is 0 Å². The van der Waals surface area contributed by atoms with Crippen molar-refractivity contribution in [3.63, 3.8) is 0 Å². The van der Waals surface area contributed by atoms with Gasteiger partial charge < -0.3 is 14.5 Å². The maximum atomic E-state index is 13.0. The van der Waals surface area contributed by atoms with Gasteiger partial charge in [-0.1, -0.05) is 37.6 Å². The normalized spacial score (nSPS) is 24.2.